The summed E-state index contributed by atoms with van der Waals surface area (Å²) < 4.78 is 68.6. The number of aliphatic hydroxyl groups is 1. The Labute approximate surface area is 600 Å². The third-order valence-corrected chi connectivity index (χ3v) is 20.6. The van der Waals surface area contributed by atoms with Gasteiger partial charge in [0, 0.05) is 25.7 Å². The Morgan fingerprint density at radius 1 is 0.286 bits per heavy atom. The number of unbranched alkanes of at least 4 members (excludes halogenated alkanes) is 41. The second-order valence-electron chi connectivity index (χ2n) is 30.1. The number of carbonyl (C=O) groups is 4. The molecule has 6 atom stereocenters. The van der Waals surface area contributed by atoms with Crippen LogP contribution in [0.5, 0.6) is 0 Å². The fraction of sp³-hybridized carbons (Fsp3) is 0.949. The van der Waals surface area contributed by atoms with Gasteiger partial charge in [-0.05, 0) is 49.4 Å². The standard InChI is InChI=1S/C79H154O17P2/c1-9-72(8)58-50-42-33-29-30-36-46-54-62-79(84)96-75(66-90-77(82)60-52-44-38-37-41-49-57-71(6)7)68-94-98(87,88)92-64-73(80)63-91-97(85,86)93-67-74(95-78(83)61-53-45-35-28-24-20-16-12-14-18-22-26-32-40-48-56-70(4)5)65-89-76(81)59-51-43-34-27-23-19-15-11-10-13-17-21-25-31-39-47-55-69(2)3/h69-75,80H,9-68H2,1-8H3,(H,85,86)(H,87,88)/t72?,73-,74-,75-/m1/s1. The summed E-state index contributed by atoms with van der Waals surface area (Å²) >= 11 is 0. The number of esters is 4. The Bertz CT molecular complexity index is 1920. The Hall–Kier alpha value is -1.94. The summed E-state index contributed by atoms with van der Waals surface area (Å²) in [6, 6.07) is 0. The molecule has 19 heteroatoms. The number of hydrogen-bond donors (Lipinski definition) is 3. The number of rotatable bonds is 76. The summed E-state index contributed by atoms with van der Waals surface area (Å²) in [4.78, 5) is 72.9. The highest BCUT2D eigenvalue weighted by Crippen LogP contribution is 2.45. The zero-order valence-electron chi connectivity index (χ0n) is 64.4. The van der Waals surface area contributed by atoms with E-state index >= 15 is 0 Å². The Morgan fingerprint density at radius 3 is 0.724 bits per heavy atom. The maximum absolute atomic E-state index is 13.1. The largest absolute Gasteiger partial charge is 0.472 e. The maximum Gasteiger partial charge on any atom is 0.472 e. The van der Waals surface area contributed by atoms with E-state index in [2.05, 4.69) is 55.4 Å². The van der Waals surface area contributed by atoms with Crippen LogP contribution in [0.3, 0.4) is 0 Å². The van der Waals surface area contributed by atoms with Crippen molar-refractivity contribution in [2.75, 3.05) is 39.6 Å². The molecule has 0 aromatic carbocycles. The van der Waals surface area contributed by atoms with Crippen molar-refractivity contribution in [3.8, 4) is 0 Å². The Kier molecular flexibility index (Phi) is 66.8. The normalized spacial score (nSPS) is 14.3. The lowest BCUT2D eigenvalue weighted by molar-refractivity contribution is -0.161. The highest BCUT2D eigenvalue weighted by atomic mass is 31.2. The summed E-state index contributed by atoms with van der Waals surface area (Å²) in [7, 11) is -9.92. The Morgan fingerprint density at radius 2 is 0.490 bits per heavy atom. The summed E-state index contributed by atoms with van der Waals surface area (Å²) in [6.45, 7) is 14.2. The van der Waals surface area contributed by atoms with Crippen LogP contribution in [0.15, 0.2) is 0 Å². The molecule has 3 unspecified atom stereocenters. The zero-order chi connectivity index (χ0) is 72.4. The molecule has 0 aliphatic heterocycles. The van der Waals surface area contributed by atoms with Gasteiger partial charge in [-0.25, -0.2) is 9.13 Å². The SMILES string of the molecule is CCC(C)CCCCCCCCCCC(=O)O[C@H](COC(=O)CCCCCCCCC(C)C)COP(=O)(O)OC[C@H](O)COP(=O)(O)OC[C@@H](COC(=O)CCCCCCCCCCCCCCCCCCC(C)C)OC(=O)CCCCCCCCCCCCCCCCCC(C)C. The minimum absolute atomic E-state index is 0.104. The Balaban J connectivity index is 5.22. The number of carbonyl (C=O) groups excluding carboxylic acids is 4. The van der Waals surface area contributed by atoms with Gasteiger partial charge in [0.25, 0.3) is 0 Å². The smallest absolute Gasteiger partial charge is 0.462 e. The van der Waals surface area contributed by atoms with Crippen LogP contribution < -0.4 is 0 Å². The van der Waals surface area contributed by atoms with Crippen molar-refractivity contribution < 1.29 is 80.2 Å². The van der Waals surface area contributed by atoms with Crippen LogP contribution >= 0.6 is 15.6 Å². The fourth-order valence-electron chi connectivity index (χ4n) is 12.0. The quantitative estimate of drug-likeness (QED) is 0.0222. The van der Waals surface area contributed by atoms with E-state index in [4.69, 9.17) is 37.0 Å². The zero-order valence-corrected chi connectivity index (χ0v) is 66.2. The molecule has 0 saturated carbocycles. The summed E-state index contributed by atoms with van der Waals surface area (Å²) in [5.74, 6) is 0.944. The van der Waals surface area contributed by atoms with Gasteiger partial charge in [-0.15, -0.1) is 0 Å². The van der Waals surface area contributed by atoms with Gasteiger partial charge in [0.05, 0.1) is 26.4 Å². The monoisotopic (exact) mass is 1440 g/mol. The maximum atomic E-state index is 13.1. The van der Waals surface area contributed by atoms with E-state index in [0.29, 0.717) is 31.6 Å². The van der Waals surface area contributed by atoms with Crippen LogP contribution in [-0.2, 0) is 65.4 Å². The molecule has 0 aromatic rings. The van der Waals surface area contributed by atoms with Crippen molar-refractivity contribution >= 4 is 39.5 Å². The molecule has 3 N–H and O–H groups in total. The first-order valence-corrected chi connectivity index (χ1v) is 43.7. The van der Waals surface area contributed by atoms with E-state index in [1.54, 1.807) is 0 Å². The molecule has 0 aromatic heterocycles. The second-order valence-corrected chi connectivity index (χ2v) is 33.0. The van der Waals surface area contributed by atoms with Crippen LogP contribution in [0.4, 0.5) is 0 Å². The van der Waals surface area contributed by atoms with Crippen molar-refractivity contribution in [2.45, 2.75) is 420 Å². The lowest BCUT2D eigenvalue weighted by Gasteiger charge is -2.21. The summed E-state index contributed by atoms with van der Waals surface area (Å²) in [6.07, 6.45) is 54.3. The molecule has 0 amide bonds. The molecule has 0 radical (unpaired) electrons. The molecule has 0 saturated heterocycles. The van der Waals surface area contributed by atoms with E-state index in [1.807, 2.05) is 0 Å². The molecular weight excluding hydrogens is 1280 g/mol. The number of hydrogen-bond acceptors (Lipinski definition) is 15. The molecule has 0 spiro atoms. The van der Waals surface area contributed by atoms with Gasteiger partial charge in [-0.2, -0.15) is 0 Å². The highest BCUT2D eigenvalue weighted by Gasteiger charge is 2.30. The predicted octanol–water partition coefficient (Wildman–Crippen LogP) is 23.2. The minimum atomic E-state index is -4.96. The van der Waals surface area contributed by atoms with Crippen molar-refractivity contribution in [1.29, 1.82) is 0 Å². The minimum Gasteiger partial charge on any atom is -0.462 e. The predicted molar refractivity (Wildman–Crippen MR) is 400 cm³/mol. The van der Waals surface area contributed by atoms with Gasteiger partial charge in [0.15, 0.2) is 12.2 Å². The van der Waals surface area contributed by atoms with Crippen LogP contribution in [0, 0.1) is 23.7 Å². The van der Waals surface area contributed by atoms with Crippen LogP contribution in [0.2, 0.25) is 0 Å². The summed E-state index contributed by atoms with van der Waals surface area (Å²) in [5, 5.41) is 10.6. The molecule has 0 aliphatic rings. The molecule has 98 heavy (non-hydrogen) atoms. The van der Waals surface area contributed by atoms with E-state index in [9.17, 15) is 43.2 Å². The van der Waals surface area contributed by atoms with Gasteiger partial charge in [0.1, 0.15) is 19.3 Å². The second kappa shape index (κ2) is 68.2. The van der Waals surface area contributed by atoms with Crippen molar-refractivity contribution in [3.05, 3.63) is 0 Å². The number of phosphoric ester groups is 2. The molecule has 582 valence electrons. The third-order valence-electron chi connectivity index (χ3n) is 18.7. The van der Waals surface area contributed by atoms with Crippen molar-refractivity contribution in [1.82, 2.24) is 0 Å². The number of phosphoric acid groups is 2. The van der Waals surface area contributed by atoms with Gasteiger partial charge in [-0.1, -0.05) is 351 Å². The first-order valence-electron chi connectivity index (χ1n) is 40.7. The van der Waals surface area contributed by atoms with E-state index in [0.717, 1.165) is 114 Å². The molecular formula is C79H154O17P2. The molecule has 0 fully saturated rings. The molecule has 0 bridgehead atoms. The van der Waals surface area contributed by atoms with Crippen molar-refractivity contribution in [3.63, 3.8) is 0 Å². The van der Waals surface area contributed by atoms with Gasteiger partial charge >= 0.3 is 39.5 Å². The molecule has 0 heterocycles. The number of ether oxygens (including phenoxy) is 4. The van der Waals surface area contributed by atoms with Crippen LogP contribution in [0.1, 0.15) is 402 Å². The van der Waals surface area contributed by atoms with E-state index in [-0.39, 0.29) is 25.7 Å². The first-order chi connectivity index (χ1) is 47.1. The van der Waals surface area contributed by atoms with Gasteiger partial charge < -0.3 is 33.8 Å². The lowest BCUT2D eigenvalue weighted by Crippen LogP contribution is -2.30. The van der Waals surface area contributed by atoms with Crippen LogP contribution in [0.25, 0.3) is 0 Å². The molecule has 0 rings (SSSR count). The molecule has 0 aliphatic carbocycles. The highest BCUT2D eigenvalue weighted by molar-refractivity contribution is 7.47. The topological polar surface area (TPSA) is 237 Å². The third kappa shape index (κ3) is 71.1. The average molecular weight is 1440 g/mol. The summed E-state index contributed by atoms with van der Waals surface area (Å²) in [5.41, 5.74) is 0. The fourth-order valence-corrected chi connectivity index (χ4v) is 13.6. The average Bonchev–Trinajstić information content (AvgIpc) is 1.37. The van der Waals surface area contributed by atoms with Crippen LogP contribution in [-0.4, -0.2) is 96.7 Å². The van der Waals surface area contributed by atoms with Gasteiger partial charge in [-0.3, -0.25) is 37.3 Å². The first kappa shape index (κ1) is 96.1. The lowest BCUT2D eigenvalue weighted by atomic mass is 9.99. The van der Waals surface area contributed by atoms with Gasteiger partial charge in [0.2, 0.25) is 0 Å². The molecule has 17 nitrogen and oxygen atoms in total. The van der Waals surface area contributed by atoms with Crippen molar-refractivity contribution in [2.24, 2.45) is 23.7 Å². The van der Waals surface area contributed by atoms with E-state index in [1.165, 1.54) is 199 Å². The number of aliphatic hydroxyl groups excluding tert-OH is 1. The van der Waals surface area contributed by atoms with E-state index < -0.39 is 97.5 Å².